The van der Waals surface area contributed by atoms with Crippen LogP contribution in [0.15, 0.2) is 0 Å². The van der Waals surface area contributed by atoms with E-state index in [0.717, 1.165) is 12.5 Å². The zero-order chi connectivity index (χ0) is 13.3. The SMILES string of the molecule is CCCN(CCCC1CCCO1)CC1CCCNC1. The minimum absolute atomic E-state index is 0.569. The second-order valence-corrected chi connectivity index (χ2v) is 6.29. The molecule has 0 bridgehead atoms. The van der Waals surface area contributed by atoms with E-state index in [2.05, 4.69) is 17.1 Å². The van der Waals surface area contributed by atoms with Gasteiger partial charge in [0.05, 0.1) is 6.10 Å². The van der Waals surface area contributed by atoms with Crippen LogP contribution in [0.1, 0.15) is 51.9 Å². The van der Waals surface area contributed by atoms with Crippen molar-refractivity contribution in [2.24, 2.45) is 5.92 Å². The molecule has 0 aromatic carbocycles. The number of ether oxygens (including phenoxy) is 1. The van der Waals surface area contributed by atoms with Gasteiger partial charge in [0.15, 0.2) is 0 Å². The van der Waals surface area contributed by atoms with Crippen LogP contribution in [-0.2, 0) is 4.74 Å². The monoisotopic (exact) mass is 268 g/mol. The van der Waals surface area contributed by atoms with Gasteiger partial charge in [0, 0.05) is 13.2 Å². The molecule has 0 radical (unpaired) electrons. The molecule has 112 valence electrons. The van der Waals surface area contributed by atoms with Crippen LogP contribution < -0.4 is 5.32 Å². The van der Waals surface area contributed by atoms with E-state index in [1.54, 1.807) is 0 Å². The maximum atomic E-state index is 5.72. The molecule has 0 amide bonds. The van der Waals surface area contributed by atoms with Gasteiger partial charge in [0.25, 0.3) is 0 Å². The summed E-state index contributed by atoms with van der Waals surface area (Å²) in [4.78, 5) is 2.69. The molecule has 0 saturated carbocycles. The summed E-state index contributed by atoms with van der Waals surface area (Å²) < 4.78 is 5.72. The number of hydrogen-bond donors (Lipinski definition) is 1. The van der Waals surface area contributed by atoms with E-state index in [9.17, 15) is 0 Å². The highest BCUT2D eigenvalue weighted by Crippen LogP contribution is 2.18. The smallest absolute Gasteiger partial charge is 0.0576 e. The molecular formula is C16H32N2O. The van der Waals surface area contributed by atoms with E-state index in [-0.39, 0.29) is 0 Å². The average Bonchev–Trinajstić information content (AvgIpc) is 2.93. The molecule has 3 nitrogen and oxygen atoms in total. The molecule has 2 saturated heterocycles. The molecule has 2 atom stereocenters. The average molecular weight is 268 g/mol. The fraction of sp³-hybridized carbons (Fsp3) is 1.00. The first-order valence-electron chi connectivity index (χ1n) is 8.43. The van der Waals surface area contributed by atoms with Gasteiger partial charge >= 0.3 is 0 Å². The van der Waals surface area contributed by atoms with E-state index < -0.39 is 0 Å². The molecule has 2 aliphatic heterocycles. The lowest BCUT2D eigenvalue weighted by molar-refractivity contribution is 0.0973. The van der Waals surface area contributed by atoms with Crippen LogP contribution >= 0.6 is 0 Å². The summed E-state index contributed by atoms with van der Waals surface area (Å²) in [5, 5.41) is 3.54. The van der Waals surface area contributed by atoms with Gasteiger partial charge < -0.3 is 15.0 Å². The molecule has 2 fully saturated rings. The van der Waals surface area contributed by atoms with Crippen molar-refractivity contribution in [3.63, 3.8) is 0 Å². The van der Waals surface area contributed by atoms with Gasteiger partial charge in [-0.25, -0.2) is 0 Å². The molecule has 0 aliphatic carbocycles. The van der Waals surface area contributed by atoms with Crippen LogP contribution in [0.3, 0.4) is 0 Å². The lowest BCUT2D eigenvalue weighted by Crippen LogP contribution is -2.39. The number of nitrogens with zero attached hydrogens (tertiary/aromatic N) is 1. The fourth-order valence-electron chi connectivity index (χ4n) is 3.47. The lowest BCUT2D eigenvalue weighted by Gasteiger charge is -2.30. The normalized spacial score (nSPS) is 28.1. The summed E-state index contributed by atoms with van der Waals surface area (Å²) in [6.45, 7) is 9.58. The second-order valence-electron chi connectivity index (χ2n) is 6.29. The number of nitrogens with one attached hydrogen (secondary N) is 1. The van der Waals surface area contributed by atoms with Crippen LogP contribution in [0, 0.1) is 5.92 Å². The molecule has 1 N–H and O–H groups in total. The van der Waals surface area contributed by atoms with Crippen molar-refractivity contribution in [3.8, 4) is 0 Å². The summed E-state index contributed by atoms with van der Waals surface area (Å²) in [6, 6.07) is 0. The third-order valence-electron chi connectivity index (χ3n) is 4.48. The number of piperidine rings is 1. The Morgan fingerprint density at radius 2 is 2.16 bits per heavy atom. The third-order valence-corrected chi connectivity index (χ3v) is 4.48. The first-order valence-corrected chi connectivity index (χ1v) is 8.43. The highest BCUT2D eigenvalue weighted by atomic mass is 16.5. The van der Waals surface area contributed by atoms with Gasteiger partial charge in [-0.3, -0.25) is 0 Å². The van der Waals surface area contributed by atoms with Gasteiger partial charge in [-0.15, -0.1) is 0 Å². The summed E-state index contributed by atoms with van der Waals surface area (Å²) >= 11 is 0. The number of rotatable bonds is 8. The second kappa shape index (κ2) is 8.93. The quantitative estimate of drug-likeness (QED) is 0.732. The van der Waals surface area contributed by atoms with Crippen molar-refractivity contribution in [2.45, 2.75) is 58.0 Å². The highest BCUT2D eigenvalue weighted by Gasteiger charge is 2.18. The fourth-order valence-corrected chi connectivity index (χ4v) is 3.47. The largest absolute Gasteiger partial charge is 0.378 e. The Balaban J connectivity index is 1.62. The molecule has 19 heavy (non-hydrogen) atoms. The predicted octanol–water partition coefficient (Wildman–Crippen LogP) is 2.66. The molecule has 2 unspecified atom stereocenters. The van der Waals surface area contributed by atoms with Crippen molar-refractivity contribution in [1.82, 2.24) is 10.2 Å². The molecule has 3 heteroatoms. The van der Waals surface area contributed by atoms with Gasteiger partial charge in [-0.2, -0.15) is 0 Å². The molecule has 0 aromatic rings. The lowest BCUT2D eigenvalue weighted by atomic mass is 9.99. The van der Waals surface area contributed by atoms with Crippen LogP contribution in [0.4, 0.5) is 0 Å². The van der Waals surface area contributed by atoms with Gasteiger partial charge in [0.1, 0.15) is 0 Å². The number of hydrogen-bond acceptors (Lipinski definition) is 3. The van der Waals surface area contributed by atoms with Crippen LogP contribution in [0.2, 0.25) is 0 Å². The Hall–Kier alpha value is -0.120. The Kier molecular flexibility index (Phi) is 7.18. The Labute approximate surface area is 119 Å². The van der Waals surface area contributed by atoms with Crippen LogP contribution in [0.5, 0.6) is 0 Å². The molecule has 2 aliphatic rings. The highest BCUT2D eigenvalue weighted by molar-refractivity contribution is 4.73. The first kappa shape index (κ1) is 15.3. The Morgan fingerprint density at radius 3 is 2.84 bits per heavy atom. The van der Waals surface area contributed by atoms with E-state index >= 15 is 0 Å². The van der Waals surface area contributed by atoms with E-state index in [0.29, 0.717) is 6.10 Å². The van der Waals surface area contributed by atoms with Crippen molar-refractivity contribution >= 4 is 0 Å². The Morgan fingerprint density at radius 1 is 1.21 bits per heavy atom. The zero-order valence-electron chi connectivity index (χ0n) is 12.7. The summed E-state index contributed by atoms with van der Waals surface area (Å²) in [7, 11) is 0. The van der Waals surface area contributed by atoms with E-state index in [1.807, 2.05) is 0 Å². The molecule has 0 spiro atoms. The maximum Gasteiger partial charge on any atom is 0.0576 e. The summed E-state index contributed by atoms with van der Waals surface area (Å²) in [5.74, 6) is 0.878. The topological polar surface area (TPSA) is 24.5 Å². The zero-order valence-corrected chi connectivity index (χ0v) is 12.7. The van der Waals surface area contributed by atoms with E-state index in [4.69, 9.17) is 4.74 Å². The Bertz CT molecular complexity index is 223. The minimum atomic E-state index is 0.569. The van der Waals surface area contributed by atoms with Crippen molar-refractivity contribution in [2.75, 3.05) is 39.3 Å². The summed E-state index contributed by atoms with van der Waals surface area (Å²) in [6.07, 6.45) is 9.77. The van der Waals surface area contributed by atoms with Crippen molar-refractivity contribution in [3.05, 3.63) is 0 Å². The van der Waals surface area contributed by atoms with Gasteiger partial charge in [0.2, 0.25) is 0 Å². The molecule has 2 rings (SSSR count). The van der Waals surface area contributed by atoms with Gasteiger partial charge in [-0.1, -0.05) is 6.92 Å². The maximum absolute atomic E-state index is 5.72. The molecular weight excluding hydrogens is 236 g/mol. The van der Waals surface area contributed by atoms with Crippen molar-refractivity contribution < 1.29 is 4.74 Å². The standard InChI is InChI=1S/C16H32N2O/c1-2-10-18(14-15-6-3-9-17-13-15)11-4-7-16-8-5-12-19-16/h15-17H,2-14H2,1H3. The van der Waals surface area contributed by atoms with Crippen LogP contribution in [0.25, 0.3) is 0 Å². The van der Waals surface area contributed by atoms with E-state index in [1.165, 1.54) is 77.7 Å². The molecule has 0 aromatic heterocycles. The van der Waals surface area contributed by atoms with Crippen molar-refractivity contribution in [1.29, 1.82) is 0 Å². The van der Waals surface area contributed by atoms with Gasteiger partial charge in [-0.05, 0) is 77.0 Å². The third kappa shape index (κ3) is 5.80. The minimum Gasteiger partial charge on any atom is -0.378 e. The predicted molar refractivity (Wildman–Crippen MR) is 80.5 cm³/mol. The van der Waals surface area contributed by atoms with Crippen LogP contribution in [-0.4, -0.2) is 50.3 Å². The molecule has 2 heterocycles. The first-order chi connectivity index (χ1) is 9.38. The summed E-state index contributed by atoms with van der Waals surface area (Å²) in [5.41, 5.74) is 0.